The molecule has 2 amide bonds. The molecule has 0 radical (unpaired) electrons. The molecule has 2 aliphatic rings. The van der Waals surface area contributed by atoms with Crippen LogP contribution in [-0.2, 0) is 4.74 Å². The highest BCUT2D eigenvalue weighted by molar-refractivity contribution is 5.74. The number of ether oxygens (including phenoxy) is 1. The number of aliphatic hydroxyl groups is 1. The van der Waals surface area contributed by atoms with E-state index in [2.05, 4.69) is 10.6 Å². The second-order valence-corrected chi connectivity index (χ2v) is 5.93. The largest absolute Gasteiger partial charge is 0.396 e. The van der Waals surface area contributed by atoms with Gasteiger partial charge in [-0.15, -0.1) is 0 Å². The van der Waals surface area contributed by atoms with Gasteiger partial charge in [-0.2, -0.15) is 0 Å². The predicted molar refractivity (Wildman–Crippen MR) is 73.0 cm³/mol. The van der Waals surface area contributed by atoms with Crippen LogP contribution >= 0.6 is 0 Å². The lowest BCUT2D eigenvalue weighted by molar-refractivity contribution is -0.0139. The number of rotatable bonds is 4. The molecule has 2 rings (SSSR count). The maximum atomic E-state index is 11.9. The zero-order chi connectivity index (χ0) is 13.6. The van der Waals surface area contributed by atoms with Gasteiger partial charge in [-0.1, -0.05) is 19.3 Å². The summed E-state index contributed by atoms with van der Waals surface area (Å²) < 4.78 is 5.32. The van der Waals surface area contributed by atoms with Crippen molar-refractivity contribution in [3.8, 4) is 0 Å². The van der Waals surface area contributed by atoms with E-state index < -0.39 is 0 Å². The predicted octanol–water partition coefficient (Wildman–Crippen LogP) is 1.41. The normalized spacial score (nSPS) is 23.8. The van der Waals surface area contributed by atoms with Gasteiger partial charge in [-0.25, -0.2) is 4.79 Å². The van der Waals surface area contributed by atoms with Gasteiger partial charge in [-0.05, 0) is 25.7 Å². The summed E-state index contributed by atoms with van der Waals surface area (Å²) in [5.41, 5.74) is -0.192. The number of carbonyl (C=O) groups is 1. The van der Waals surface area contributed by atoms with Crippen LogP contribution in [0.1, 0.15) is 44.9 Å². The van der Waals surface area contributed by atoms with E-state index in [0.29, 0.717) is 25.8 Å². The van der Waals surface area contributed by atoms with Gasteiger partial charge in [0.1, 0.15) is 0 Å². The molecule has 5 heteroatoms. The summed E-state index contributed by atoms with van der Waals surface area (Å²) >= 11 is 0. The lowest BCUT2D eigenvalue weighted by Crippen LogP contribution is -2.49. The van der Waals surface area contributed by atoms with Crippen LogP contribution in [0, 0.1) is 5.41 Å². The van der Waals surface area contributed by atoms with Crippen LogP contribution in [0.4, 0.5) is 4.79 Å². The minimum Gasteiger partial charge on any atom is -0.396 e. The number of aliphatic hydroxyl groups excluding tert-OH is 1. The van der Waals surface area contributed by atoms with E-state index in [4.69, 9.17) is 4.74 Å². The Hall–Kier alpha value is -0.810. The standard InChI is InChI=1S/C14H26N2O3/c17-11-14(6-8-19-9-7-14)10-15-13(18)16-12-4-2-1-3-5-12/h12,17H,1-11H2,(H2,15,16,18). The highest BCUT2D eigenvalue weighted by atomic mass is 16.5. The number of amides is 2. The fraction of sp³-hybridized carbons (Fsp3) is 0.929. The minimum atomic E-state index is -0.192. The van der Waals surface area contributed by atoms with Gasteiger partial charge in [-0.3, -0.25) is 0 Å². The quantitative estimate of drug-likeness (QED) is 0.723. The topological polar surface area (TPSA) is 70.6 Å². The van der Waals surface area contributed by atoms with E-state index in [9.17, 15) is 9.90 Å². The fourth-order valence-corrected chi connectivity index (χ4v) is 2.95. The molecule has 19 heavy (non-hydrogen) atoms. The second-order valence-electron chi connectivity index (χ2n) is 5.93. The second kappa shape index (κ2) is 7.10. The molecule has 0 bridgehead atoms. The third-order valence-corrected chi connectivity index (χ3v) is 4.45. The van der Waals surface area contributed by atoms with Gasteiger partial charge in [0.25, 0.3) is 0 Å². The molecule has 2 fully saturated rings. The first-order valence-electron chi connectivity index (χ1n) is 7.47. The molecule has 1 saturated carbocycles. The van der Waals surface area contributed by atoms with Crippen molar-refractivity contribution in [2.75, 3.05) is 26.4 Å². The van der Waals surface area contributed by atoms with Crippen LogP contribution in [0.25, 0.3) is 0 Å². The molecular weight excluding hydrogens is 244 g/mol. The van der Waals surface area contributed by atoms with Crippen LogP contribution in [0.3, 0.4) is 0 Å². The lowest BCUT2D eigenvalue weighted by atomic mass is 9.81. The third-order valence-electron chi connectivity index (χ3n) is 4.45. The molecule has 1 aliphatic heterocycles. The van der Waals surface area contributed by atoms with Crippen LogP contribution in [0.15, 0.2) is 0 Å². The van der Waals surface area contributed by atoms with Crippen LogP contribution in [-0.4, -0.2) is 43.5 Å². The van der Waals surface area contributed by atoms with Crippen molar-refractivity contribution in [3.63, 3.8) is 0 Å². The average molecular weight is 270 g/mol. The molecule has 5 nitrogen and oxygen atoms in total. The summed E-state index contributed by atoms with van der Waals surface area (Å²) in [6, 6.07) is 0.236. The Morgan fingerprint density at radius 2 is 1.89 bits per heavy atom. The minimum absolute atomic E-state index is 0.0915. The number of hydrogen-bond donors (Lipinski definition) is 3. The van der Waals surface area contributed by atoms with Gasteiger partial charge in [0, 0.05) is 31.2 Å². The van der Waals surface area contributed by atoms with Gasteiger partial charge >= 0.3 is 6.03 Å². The molecule has 1 aliphatic carbocycles. The lowest BCUT2D eigenvalue weighted by Gasteiger charge is -2.35. The zero-order valence-corrected chi connectivity index (χ0v) is 11.6. The van der Waals surface area contributed by atoms with Crippen LogP contribution in [0.2, 0.25) is 0 Å². The van der Waals surface area contributed by atoms with Crippen molar-refractivity contribution in [1.29, 1.82) is 0 Å². The number of nitrogens with one attached hydrogen (secondary N) is 2. The van der Waals surface area contributed by atoms with Gasteiger partial charge in [0.15, 0.2) is 0 Å². The van der Waals surface area contributed by atoms with Crippen molar-refractivity contribution >= 4 is 6.03 Å². The van der Waals surface area contributed by atoms with Crippen molar-refractivity contribution in [1.82, 2.24) is 10.6 Å². The third kappa shape index (κ3) is 4.35. The van der Waals surface area contributed by atoms with E-state index >= 15 is 0 Å². The summed E-state index contributed by atoms with van der Waals surface area (Å²) in [6.07, 6.45) is 7.51. The van der Waals surface area contributed by atoms with Gasteiger partial charge < -0.3 is 20.5 Å². The van der Waals surface area contributed by atoms with Gasteiger partial charge in [0.2, 0.25) is 0 Å². The molecule has 0 spiro atoms. The Morgan fingerprint density at radius 1 is 1.21 bits per heavy atom. The summed E-state index contributed by atoms with van der Waals surface area (Å²) in [4.78, 5) is 11.9. The summed E-state index contributed by atoms with van der Waals surface area (Å²) in [5.74, 6) is 0. The van der Waals surface area contributed by atoms with E-state index in [1.165, 1.54) is 19.3 Å². The molecule has 3 N–H and O–H groups in total. The number of urea groups is 1. The first-order valence-corrected chi connectivity index (χ1v) is 7.47. The Kier molecular flexibility index (Phi) is 5.45. The molecule has 0 aromatic carbocycles. The molecule has 0 atom stereocenters. The molecule has 1 saturated heterocycles. The van der Waals surface area contributed by atoms with Gasteiger partial charge in [0.05, 0.1) is 6.61 Å². The van der Waals surface area contributed by atoms with Crippen molar-refractivity contribution in [3.05, 3.63) is 0 Å². The maximum Gasteiger partial charge on any atom is 0.315 e. The first-order chi connectivity index (χ1) is 9.24. The fourth-order valence-electron chi connectivity index (χ4n) is 2.95. The van der Waals surface area contributed by atoms with Crippen molar-refractivity contribution in [2.24, 2.45) is 5.41 Å². The molecule has 0 unspecified atom stereocenters. The number of hydrogen-bond acceptors (Lipinski definition) is 3. The van der Waals surface area contributed by atoms with Crippen molar-refractivity contribution in [2.45, 2.75) is 51.0 Å². The van der Waals surface area contributed by atoms with E-state index in [1.54, 1.807) is 0 Å². The van der Waals surface area contributed by atoms with Crippen LogP contribution in [0.5, 0.6) is 0 Å². The molecule has 0 aromatic heterocycles. The molecular formula is C14H26N2O3. The highest BCUT2D eigenvalue weighted by Crippen LogP contribution is 2.28. The number of carbonyl (C=O) groups excluding carboxylic acids is 1. The Labute approximate surface area is 115 Å². The summed E-state index contributed by atoms with van der Waals surface area (Å²) in [7, 11) is 0. The Morgan fingerprint density at radius 3 is 2.53 bits per heavy atom. The average Bonchev–Trinajstić information content (AvgIpc) is 2.47. The van der Waals surface area contributed by atoms with Crippen LogP contribution < -0.4 is 10.6 Å². The Bertz CT molecular complexity index is 284. The SMILES string of the molecule is O=C(NCC1(CO)CCOCC1)NC1CCCCC1. The Balaban J connectivity index is 1.72. The maximum absolute atomic E-state index is 11.9. The van der Waals surface area contributed by atoms with E-state index in [1.807, 2.05) is 0 Å². The highest BCUT2D eigenvalue weighted by Gasteiger charge is 2.32. The van der Waals surface area contributed by atoms with E-state index in [0.717, 1.165) is 25.7 Å². The summed E-state index contributed by atoms with van der Waals surface area (Å²) in [5, 5.41) is 15.5. The summed E-state index contributed by atoms with van der Waals surface area (Å²) in [6.45, 7) is 1.99. The zero-order valence-electron chi connectivity index (χ0n) is 11.6. The van der Waals surface area contributed by atoms with Crippen molar-refractivity contribution < 1.29 is 14.6 Å². The first kappa shape index (κ1) is 14.6. The monoisotopic (exact) mass is 270 g/mol. The molecule has 110 valence electrons. The molecule has 1 heterocycles. The molecule has 0 aromatic rings. The van der Waals surface area contributed by atoms with E-state index in [-0.39, 0.29) is 18.1 Å². The smallest absolute Gasteiger partial charge is 0.315 e.